The second-order valence-corrected chi connectivity index (χ2v) is 7.60. The summed E-state index contributed by atoms with van der Waals surface area (Å²) in [6.07, 6.45) is 7.06. The molecule has 0 bridgehead atoms. The van der Waals surface area contributed by atoms with Gasteiger partial charge in [-0.3, -0.25) is 9.79 Å². The summed E-state index contributed by atoms with van der Waals surface area (Å²) in [5.74, 6) is 1.91. The summed E-state index contributed by atoms with van der Waals surface area (Å²) in [5.41, 5.74) is 2.88. The quantitative estimate of drug-likeness (QED) is 0.330. The first-order chi connectivity index (χ1) is 13.8. The summed E-state index contributed by atoms with van der Waals surface area (Å²) in [6.45, 7) is 1.30. The number of carbonyl (C=O) groups is 1. The number of hydrogen-bond donors (Lipinski definition) is 3. The van der Waals surface area contributed by atoms with Crippen LogP contribution in [0.5, 0.6) is 0 Å². The fourth-order valence-corrected chi connectivity index (χ4v) is 3.93. The lowest BCUT2D eigenvalue weighted by atomic mass is 9.88. The number of aliphatic imine (C=N–C) groups is 1. The zero-order chi connectivity index (χ0) is 19.2. The van der Waals surface area contributed by atoms with Crippen LogP contribution >= 0.6 is 24.0 Å². The minimum Gasteiger partial charge on any atom is -0.469 e. The third kappa shape index (κ3) is 6.22. The van der Waals surface area contributed by atoms with Crippen LogP contribution < -0.4 is 16.0 Å². The number of rotatable bonds is 5. The molecule has 2 aromatic rings. The number of fused-ring (bicyclic) bond motifs is 1. The van der Waals surface area contributed by atoms with Crippen LogP contribution in [0.3, 0.4) is 0 Å². The molecule has 0 radical (unpaired) electrons. The minimum absolute atomic E-state index is 0. The van der Waals surface area contributed by atoms with Gasteiger partial charge >= 0.3 is 0 Å². The molecule has 0 spiro atoms. The zero-order valence-corrected chi connectivity index (χ0v) is 18.9. The van der Waals surface area contributed by atoms with Crippen molar-refractivity contribution in [2.24, 2.45) is 4.99 Å². The molecule has 7 heteroatoms. The molecule has 1 aromatic heterocycles. The van der Waals surface area contributed by atoms with Crippen LogP contribution in [0.15, 0.2) is 52.1 Å². The number of benzene rings is 1. The van der Waals surface area contributed by atoms with Crippen molar-refractivity contribution < 1.29 is 9.21 Å². The van der Waals surface area contributed by atoms with E-state index in [0.29, 0.717) is 25.6 Å². The Bertz CT molecular complexity index is 812. The molecular formula is C22H29IN4O2. The highest BCUT2D eigenvalue weighted by Gasteiger charge is 2.22. The Morgan fingerprint density at radius 1 is 1.07 bits per heavy atom. The summed E-state index contributed by atoms with van der Waals surface area (Å²) >= 11 is 0. The molecule has 1 saturated heterocycles. The molecule has 29 heavy (non-hydrogen) atoms. The Hall–Kier alpha value is -2.03. The fraction of sp³-hybridized carbons (Fsp3) is 0.455. The van der Waals surface area contributed by atoms with Gasteiger partial charge in [-0.05, 0) is 48.9 Å². The van der Waals surface area contributed by atoms with E-state index in [2.05, 4.69) is 40.2 Å². The smallest absolute Gasteiger partial charge is 0.220 e. The molecule has 1 fully saturated rings. The molecular weight excluding hydrogens is 479 g/mol. The van der Waals surface area contributed by atoms with Gasteiger partial charge in [0, 0.05) is 38.0 Å². The molecule has 3 N–H and O–H groups in total. The Balaban J connectivity index is 0.00000240. The van der Waals surface area contributed by atoms with Crippen LogP contribution in [-0.4, -0.2) is 37.0 Å². The zero-order valence-electron chi connectivity index (χ0n) is 16.5. The maximum Gasteiger partial charge on any atom is 0.220 e. The molecule has 1 aliphatic carbocycles. The van der Waals surface area contributed by atoms with Gasteiger partial charge in [0.15, 0.2) is 5.96 Å². The van der Waals surface area contributed by atoms with Crippen molar-refractivity contribution in [1.82, 2.24) is 16.0 Å². The predicted octanol–water partition coefficient (Wildman–Crippen LogP) is 2.81. The van der Waals surface area contributed by atoms with Crippen molar-refractivity contribution in [2.75, 3.05) is 13.1 Å². The third-order valence-electron chi connectivity index (χ3n) is 5.50. The predicted molar refractivity (Wildman–Crippen MR) is 125 cm³/mol. The first-order valence-corrected chi connectivity index (χ1v) is 10.2. The summed E-state index contributed by atoms with van der Waals surface area (Å²) in [7, 11) is 0. The van der Waals surface area contributed by atoms with Crippen LogP contribution in [0, 0.1) is 0 Å². The fourth-order valence-electron chi connectivity index (χ4n) is 3.93. The second-order valence-electron chi connectivity index (χ2n) is 7.60. The monoisotopic (exact) mass is 508 g/mol. The van der Waals surface area contributed by atoms with Gasteiger partial charge in [-0.25, -0.2) is 0 Å². The molecule has 1 aromatic carbocycles. The normalized spacial score (nSPS) is 21.5. The van der Waals surface area contributed by atoms with Gasteiger partial charge in [-0.1, -0.05) is 24.3 Å². The van der Waals surface area contributed by atoms with E-state index in [0.717, 1.165) is 43.8 Å². The summed E-state index contributed by atoms with van der Waals surface area (Å²) in [5, 5.41) is 10.1. The molecule has 2 aliphatic rings. The van der Waals surface area contributed by atoms with Crippen molar-refractivity contribution in [3.8, 4) is 0 Å². The molecule has 156 valence electrons. The Kier molecular flexibility index (Phi) is 7.97. The van der Waals surface area contributed by atoms with Gasteiger partial charge in [0.05, 0.1) is 6.26 Å². The van der Waals surface area contributed by atoms with E-state index < -0.39 is 0 Å². The molecule has 1 amide bonds. The number of furan rings is 1. The standard InChI is InChI=1S/C22H28N4O2.HI/c27-21-10-9-19(15-24-21)26-22(23-12-11-20-6-3-13-28-20)25-18-8-7-16-4-1-2-5-17(16)14-18;/h1-6,13,18-19H,7-12,14-15H2,(H,24,27)(H2,23,25,26);1H. The number of amides is 1. The van der Waals surface area contributed by atoms with E-state index in [4.69, 9.17) is 9.41 Å². The first kappa shape index (κ1) is 21.7. The highest BCUT2D eigenvalue weighted by atomic mass is 127. The molecule has 2 heterocycles. The van der Waals surface area contributed by atoms with E-state index in [1.807, 2.05) is 12.1 Å². The Morgan fingerprint density at radius 3 is 2.62 bits per heavy atom. The number of carbonyl (C=O) groups excluding carboxylic acids is 1. The van der Waals surface area contributed by atoms with Crippen LogP contribution in [0.25, 0.3) is 0 Å². The lowest BCUT2D eigenvalue weighted by Gasteiger charge is -2.30. The Morgan fingerprint density at radius 2 is 1.86 bits per heavy atom. The molecule has 1 aliphatic heterocycles. The average molecular weight is 508 g/mol. The first-order valence-electron chi connectivity index (χ1n) is 10.2. The summed E-state index contributed by atoms with van der Waals surface area (Å²) < 4.78 is 5.41. The van der Waals surface area contributed by atoms with E-state index in [-0.39, 0.29) is 35.9 Å². The van der Waals surface area contributed by atoms with Crippen molar-refractivity contribution in [3.63, 3.8) is 0 Å². The number of aryl methyl sites for hydroxylation is 1. The van der Waals surface area contributed by atoms with Gasteiger partial charge in [-0.15, -0.1) is 24.0 Å². The van der Waals surface area contributed by atoms with Gasteiger partial charge in [0.2, 0.25) is 5.91 Å². The maximum absolute atomic E-state index is 11.4. The van der Waals surface area contributed by atoms with Crippen LogP contribution in [-0.2, 0) is 24.1 Å². The van der Waals surface area contributed by atoms with Crippen molar-refractivity contribution in [3.05, 3.63) is 59.5 Å². The molecule has 2 unspecified atom stereocenters. The number of hydrogen-bond acceptors (Lipinski definition) is 3. The number of nitrogens with one attached hydrogen (secondary N) is 3. The number of halogens is 1. The molecule has 2 atom stereocenters. The number of nitrogens with zero attached hydrogens (tertiary/aromatic N) is 1. The van der Waals surface area contributed by atoms with Crippen LogP contribution in [0.4, 0.5) is 0 Å². The van der Waals surface area contributed by atoms with Gasteiger partial charge in [-0.2, -0.15) is 0 Å². The third-order valence-corrected chi connectivity index (χ3v) is 5.50. The molecule has 6 nitrogen and oxygen atoms in total. The SMILES string of the molecule is I.O=C1CCC(NC(=NCCc2ccco2)NC2CCc3ccccc3C2)CN1. The summed E-state index contributed by atoms with van der Waals surface area (Å²) in [4.78, 5) is 16.2. The highest BCUT2D eigenvalue weighted by molar-refractivity contribution is 14.0. The number of piperidine rings is 1. The largest absolute Gasteiger partial charge is 0.469 e. The van der Waals surface area contributed by atoms with Gasteiger partial charge < -0.3 is 20.4 Å². The van der Waals surface area contributed by atoms with E-state index in [9.17, 15) is 4.79 Å². The molecule has 0 saturated carbocycles. The van der Waals surface area contributed by atoms with E-state index >= 15 is 0 Å². The van der Waals surface area contributed by atoms with Crippen molar-refractivity contribution >= 4 is 35.8 Å². The Labute approximate surface area is 189 Å². The second kappa shape index (κ2) is 10.7. The maximum atomic E-state index is 11.4. The lowest BCUT2D eigenvalue weighted by molar-refractivity contribution is -0.122. The van der Waals surface area contributed by atoms with Crippen molar-refractivity contribution in [1.29, 1.82) is 0 Å². The lowest BCUT2D eigenvalue weighted by Crippen LogP contribution is -2.53. The minimum atomic E-state index is 0. The molecule has 4 rings (SSSR count). The van der Waals surface area contributed by atoms with E-state index in [1.54, 1.807) is 6.26 Å². The summed E-state index contributed by atoms with van der Waals surface area (Å²) in [6, 6.07) is 13.1. The van der Waals surface area contributed by atoms with E-state index in [1.165, 1.54) is 11.1 Å². The average Bonchev–Trinajstić information content (AvgIpc) is 3.23. The van der Waals surface area contributed by atoms with Crippen molar-refractivity contribution in [2.45, 2.75) is 50.6 Å². The van der Waals surface area contributed by atoms with Crippen LogP contribution in [0.1, 0.15) is 36.1 Å². The topological polar surface area (TPSA) is 78.7 Å². The van der Waals surface area contributed by atoms with Gasteiger partial charge in [0.25, 0.3) is 0 Å². The van der Waals surface area contributed by atoms with Gasteiger partial charge in [0.1, 0.15) is 5.76 Å². The highest BCUT2D eigenvalue weighted by Crippen LogP contribution is 2.21. The number of guanidine groups is 1. The van der Waals surface area contributed by atoms with Crippen LogP contribution in [0.2, 0.25) is 0 Å².